The Bertz CT molecular complexity index is 810. The molecule has 1 saturated heterocycles. The molecule has 0 saturated carbocycles. The molecule has 0 bridgehead atoms. The smallest absolute Gasteiger partial charge is 0.293 e. The Labute approximate surface area is 170 Å². The molecule has 0 spiro atoms. The zero-order valence-corrected chi connectivity index (χ0v) is 17.2. The number of likely N-dealkylation sites (tertiary alicyclic amines) is 1. The largest absolute Gasteiger partial charge is 0.379 e. The molecule has 1 heterocycles. The molecule has 1 fully saturated rings. The van der Waals surface area contributed by atoms with Crippen LogP contribution in [-0.2, 0) is 14.8 Å². The summed E-state index contributed by atoms with van der Waals surface area (Å²) in [5.41, 5.74) is 5.62. The van der Waals surface area contributed by atoms with Gasteiger partial charge >= 0.3 is 0 Å². The van der Waals surface area contributed by atoms with Gasteiger partial charge in [0.05, 0.1) is 9.82 Å². The number of piperidine rings is 1. The fourth-order valence-corrected chi connectivity index (χ4v) is 3.66. The quantitative estimate of drug-likeness (QED) is 0.425. The molecule has 1 aromatic rings. The number of rotatable bonds is 7. The van der Waals surface area contributed by atoms with Crippen molar-refractivity contribution in [3.8, 4) is 0 Å². The molecule has 1 aliphatic heterocycles. The van der Waals surface area contributed by atoms with Gasteiger partial charge in [-0.1, -0.05) is 0 Å². The van der Waals surface area contributed by atoms with Crippen LogP contribution < -0.4 is 16.2 Å². The molecule has 158 valence electrons. The van der Waals surface area contributed by atoms with Gasteiger partial charge < -0.3 is 16.0 Å². The van der Waals surface area contributed by atoms with Gasteiger partial charge in [-0.15, -0.1) is 12.4 Å². The lowest BCUT2D eigenvalue weighted by molar-refractivity contribution is -0.384. The van der Waals surface area contributed by atoms with Crippen LogP contribution in [0.3, 0.4) is 0 Å². The van der Waals surface area contributed by atoms with Gasteiger partial charge in [0.2, 0.25) is 15.9 Å². The van der Waals surface area contributed by atoms with Gasteiger partial charge in [-0.3, -0.25) is 14.9 Å². The Morgan fingerprint density at radius 1 is 1.39 bits per heavy atom. The average Bonchev–Trinajstić information content (AvgIpc) is 2.60. The second kappa shape index (κ2) is 10.0. The van der Waals surface area contributed by atoms with E-state index in [0.717, 1.165) is 18.9 Å². The van der Waals surface area contributed by atoms with Gasteiger partial charge in [-0.25, -0.2) is 13.6 Å². The first-order chi connectivity index (χ1) is 12.6. The van der Waals surface area contributed by atoms with Crippen LogP contribution in [0.25, 0.3) is 0 Å². The maximum absolute atomic E-state index is 12.3. The Morgan fingerprint density at radius 3 is 2.50 bits per heavy atom. The summed E-state index contributed by atoms with van der Waals surface area (Å²) in [5.74, 6) is 0.390. The number of carbonyl (C=O) groups excluding carboxylic acids is 1. The number of benzene rings is 1. The number of primary sulfonamides is 1. The molecule has 0 radical (unpaired) electrons. The summed E-state index contributed by atoms with van der Waals surface area (Å²) in [6.45, 7) is 3.49. The van der Waals surface area contributed by atoms with E-state index >= 15 is 0 Å². The van der Waals surface area contributed by atoms with E-state index in [1.54, 1.807) is 4.90 Å². The van der Waals surface area contributed by atoms with Gasteiger partial charge in [0, 0.05) is 38.2 Å². The number of halogens is 1. The summed E-state index contributed by atoms with van der Waals surface area (Å²) in [6, 6.07) is 3.48. The number of nitrogens with zero attached hydrogens (tertiary/aromatic N) is 2. The maximum atomic E-state index is 12.3. The number of amides is 1. The van der Waals surface area contributed by atoms with Crippen LogP contribution in [0.1, 0.15) is 26.2 Å². The lowest BCUT2D eigenvalue weighted by Gasteiger charge is -2.33. The van der Waals surface area contributed by atoms with Crippen LogP contribution in [0.4, 0.5) is 11.4 Å². The van der Waals surface area contributed by atoms with E-state index in [2.05, 4.69) is 5.32 Å². The van der Waals surface area contributed by atoms with Crippen molar-refractivity contribution < 1.29 is 18.1 Å². The van der Waals surface area contributed by atoms with Gasteiger partial charge in [0.15, 0.2) is 0 Å². The first-order valence-corrected chi connectivity index (χ1v) is 10.2. The fourth-order valence-electron chi connectivity index (χ4n) is 3.13. The van der Waals surface area contributed by atoms with E-state index < -0.39 is 20.6 Å². The van der Waals surface area contributed by atoms with Gasteiger partial charge in [0.1, 0.15) is 5.69 Å². The first kappa shape index (κ1) is 24.1. The number of carbonyl (C=O) groups is 1. The number of nitro benzene ring substituents is 1. The average molecular weight is 436 g/mol. The molecule has 1 amide bonds. The lowest BCUT2D eigenvalue weighted by atomic mass is 9.91. The van der Waals surface area contributed by atoms with Crippen molar-refractivity contribution in [2.45, 2.75) is 37.1 Å². The number of nitrogens with two attached hydrogens (primary N) is 2. The third-order valence-corrected chi connectivity index (χ3v) is 5.70. The molecule has 1 atom stereocenters. The van der Waals surface area contributed by atoms with Crippen molar-refractivity contribution in [1.82, 2.24) is 4.90 Å². The van der Waals surface area contributed by atoms with E-state index in [0.29, 0.717) is 19.0 Å². The zero-order valence-electron chi connectivity index (χ0n) is 15.5. The number of nitro groups is 1. The fraction of sp³-hybridized carbons (Fsp3) is 0.562. The van der Waals surface area contributed by atoms with Crippen LogP contribution in [0.15, 0.2) is 23.1 Å². The van der Waals surface area contributed by atoms with Crippen molar-refractivity contribution in [3.63, 3.8) is 0 Å². The zero-order chi connectivity index (χ0) is 20.2. The van der Waals surface area contributed by atoms with Crippen molar-refractivity contribution >= 4 is 39.7 Å². The standard InChI is InChI=1S/C16H25N5O5S.ClH/c1-11(17)12-5-8-20(9-6-12)16(22)4-7-19-14-3-2-13(27(18,25)26)10-15(14)21(23)24;/h2-3,10-12,19H,4-9,17H2,1H3,(H2,18,25,26);1H. The highest BCUT2D eigenvalue weighted by Gasteiger charge is 2.25. The number of hydrogen-bond donors (Lipinski definition) is 3. The highest BCUT2D eigenvalue weighted by molar-refractivity contribution is 7.89. The highest BCUT2D eigenvalue weighted by atomic mass is 35.5. The van der Waals surface area contributed by atoms with Crippen LogP contribution in [-0.4, -0.2) is 49.8 Å². The molecule has 2 rings (SSSR count). The molecule has 0 aliphatic carbocycles. The van der Waals surface area contributed by atoms with Crippen LogP contribution >= 0.6 is 12.4 Å². The van der Waals surface area contributed by atoms with E-state index in [1.165, 1.54) is 12.1 Å². The van der Waals surface area contributed by atoms with E-state index in [1.807, 2.05) is 6.92 Å². The summed E-state index contributed by atoms with van der Waals surface area (Å²) < 4.78 is 22.7. The molecule has 10 nitrogen and oxygen atoms in total. The highest BCUT2D eigenvalue weighted by Crippen LogP contribution is 2.27. The Kier molecular flexibility index (Phi) is 8.61. The maximum Gasteiger partial charge on any atom is 0.293 e. The van der Waals surface area contributed by atoms with E-state index in [4.69, 9.17) is 10.9 Å². The normalized spacial score (nSPS) is 16.2. The molecular weight excluding hydrogens is 410 g/mol. The summed E-state index contributed by atoms with van der Waals surface area (Å²) in [7, 11) is -4.04. The summed E-state index contributed by atoms with van der Waals surface area (Å²) in [4.78, 5) is 24.2. The van der Waals surface area contributed by atoms with Crippen molar-refractivity contribution in [1.29, 1.82) is 0 Å². The van der Waals surface area contributed by atoms with Gasteiger partial charge in [-0.2, -0.15) is 0 Å². The third kappa shape index (κ3) is 6.30. The molecule has 5 N–H and O–H groups in total. The number of anilines is 1. The monoisotopic (exact) mass is 435 g/mol. The molecule has 1 aromatic carbocycles. The number of sulfonamides is 1. The molecule has 1 aliphatic rings. The van der Waals surface area contributed by atoms with E-state index in [9.17, 15) is 23.3 Å². The van der Waals surface area contributed by atoms with Crippen molar-refractivity contribution in [2.75, 3.05) is 25.0 Å². The van der Waals surface area contributed by atoms with Crippen molar-refractivity contribution in [3.05, 3.63) is 28.3 Å². The second-order valence-electron chi connectivity index (χ2n) is 6.74. The first-order valence-electron chi connectivity index (χ1n) is 8.68. The Morgan fingerprint density at radius 2 is 2.00 bits per heavy atom. The van der Waals surface area contributed by atoms with Gasteiger partial charge in [0.25, 0.3) is 5.69 Å². The SMILES string of the molecule is CC(N)C1CCN(C(=O)CCNc2ccc(S(N)(=O)=O)cc2[N+](=O)[O-])CC1.Cl. The Balaban J connectivity index is 0.00000392. The molecule has 1 unspecified atom stereocenters. The van der Waals surface area contributed by atoms with Crippen LogP contribution in [0, 0.1) is 16.0 Å². The summed E-state index contributed by atoms with van der Waals surface area (Å²) >= 11 is 0. The predicted molar refractivity (Wildman–Crippen MR) is 108 cm³/mol. The topological polar surface area (TPSA) is 162 Å². The van der Waals surface area contributed by atoms with Gasteiger partial charge in [-0.05, 0) is 37.8 Å². The lowest BCUT2D eigenvalue weighted by Crippen LogP contribution is -2.42. The number of nitrogens with one attached hydrogen (secondary N) is 1. The minimum Gasteiger partial charge on any atom is -0.379 e. The number of hydrogen-bond acceptors (Lipinski definition) is 7. The minimum atomic E-state index is -4.04. The molecule has 28 heavy (non-hydrogen) atoms. The second-order valence-corrected chi connectivity index (χ2v) is 8.30. The summed E-state index contributed by atoms with van der Waals surface area (Å²) in [6.07, 6.45) is 1.92. The third-order valence-electron chi connectivity index (χ3n) is 4.78. The Hall–Kier alpha value is -1.95. The summed E-state index contributed by atoms with van der Waals surface area (Å²) in [5, 5.41) is 19.0. The van der Waals surface area contributed by atoms with Crippen LogP contribution in [0.2, 0.25) is 0 Å². The van der Waals surface area contributed by atoms with Crippen LogP contribution in [0.5, 0.6) is 0 Å². The molecular formula is C16H26ClN5O5S. The molecule has 0 aromatic heterocycles. The molecule has 12 heteroatoms. The predicted octanol–water partition coefficient (Wildman–Crippen LogP) is 1.05. The minimum absolute atomic E-state index is 0. The van der Waals surface area contributed by atoms with Crippen molar-refractivity contribution in [2.24, 2.45) is 16.8 Å². The van der Waals surface area contributed by atoms with E-state index in [-0.39, 0.29) is 47.9 Å².